The Morgan fingerprint density at radius 3 is 1.50 bits per heavy atom. The number of ether oxygens (including phenoxy) is 2. The molecule has 0 radical (unpaired) electrons. The third-order valence-corrected chi connectivity index (χ3v) is 7.39. The molecule has 0 aliphatic heterocycles. The predicted molar refractivity (Wildman–Crippen MR) is 183 cm³/mol. The van der Waals surface area contributed by atoms with E-state index in [0.29, 0.717) is 19.3 Å². The molecule has 0 saturated heterocycles. The lowest BCUT2D eigenvalue weighted by molar-refractivity contribution is -0.152. The van der Waals surface area contributed by atoms with Crippen LogP contribution in [0.3, 0.4) is 0 Å². The minimum Gasteiger partial charge on any atom is -0.463 e. The lowest BCUT2D eigenvalue weighted by Gasteiger charge is -2.12. The molecule has 6 heteroatoms. The van der Waals surface area contributed by atoms with Gasteiger partial charge in [0.05, 0.1) is 6.10 Å². The topological polar surface area (TPSA) is 93.1 Å². The zero-order chi connectivity index (χ0) is 32.4. The van der Waals surface area contributed by atoms with E-state index in [1.807, 2.05) is 12.2 Å². The maximum Gasteiger partial charge on any atom is 0.305 e. The molecule has 0 saturated carbocycles. The number of esters is 2. The Balaban J connectivity index is 3.60. The van der Waals surface area contributed by atoms with Gasteiger partial charge in [0, 0.05) is 12.8 Å². The van der Waals surface area contributed by atoms with Crippen LogP contribution in [0.1, 0.15) is 155 Å². The van der Waals surface area contributed by atoms with Gasteiger partial charge in [-0.2, -0.15) is 0 Å². The summed E-state index contributed by atoms with van der Waals surface area (Å²) in [6.07, 6.45) is 37.8. The van der Waals surface area contributed by atoms with E-state index in [9.17, 15) is 19.8 Å². The number of rotatable bonds is 31. The number of allylic oxidation sites excluding steroid dienone is 7. The normalized spacial score (nSPS) is 13.5. The van der Waals surface area contributed by atoms with Gasteiger partial charge in [0.2, 0.25) is 0 Å². The smallest absolute Gasteiger partial charge is 0.305 e. The number of hydrogen-bond acceptors (Lipinski definition) is 6. The van der Waals surface area contributed by atoms with Gasteiger partial charge in [-0.3, -0.25) is 9.59 Å². The fourth-order valence-electron chi connectivity index (χ4n) is 4.63. The van der Waals surface area contributed by atoms with Crippen LogP contribution in [-0.4, -0.2) is 47.6 Å². The molecule has 0 aliphatic carbocycles. The highest BCUT2D eigenvalue weighted by Crippen LogP contribution is 2.13. The molecule has 0 rings (SSSR count). The van der Waals surface area contributed by atoms with Crippen molar-refractivity contribution in [1.29, 1.82) is 0 Å². The maximum absolute atomic E-state index is 11.9. The minimum absolute atomic E-state index is 0.142. The van der Waals surface area contributed by atoms with Crippen molar-refractivity contribution < 1.29 is 29.3 Å². The summed E-state index contributed by atoms with van der Waals surface area (Å²) in [5, 5.41) is 19.7. The van der Waals surface area contributed by atoms with E-state index in [4.69, 9.17) is 9.47 Å². The van der Waals surface area contributed by atoms with E-state index >= 15 is 0 Å². The van der Waals surface area contributed by atoms with Crippen molar-refractivity contribution in [1.82, 2.24) is 0 Å². The average Bonchev–Trinajstić information content (AvgIpc) is 3.02. The van der Waals surface area contributed by atoms with Gasteiger partial charge < -0.3 is 19.7 Å². The van der Waals surface area contributed by atoms with Crippen molar-refractivity contribution in [2.45, 2.75) is 167 Å². The second kappa shape index (κ2) is 33.7. The van der Waals surface area contributed by atoms with Gasteiger partial charge in [-0.1, -0.05) is 146 Å². The lowest BCUT2D eigenvalue weighted by Crippen LogP contribution is -2.25. The van der Waals surface area contributed by atoms with E-state index in [-0.39, 0.29) is 31.3 Å². The summed E-state index contributed by atoms with van der Waals surface area (Å²) in [5.41, 5.74) is 0. The highest BCUT2D eigenvalue weighted by molar-refractivity contribution is 5.69. The number of carbonyl (C=O) groups excluding carboxylic acids is 2. The highest BCUT2D eigenvalue weighted by atomic mass is 16.6. The Kier molecular flexibility index (Phi) is 32.0. The molecule has 0 spiro atoms. The zero-order valence-corrected chi connectivity index (χ0v) is 28.3. The van der Waals surface area contributed by atoms with Crippen LogP contribution in [0.5, 0.6) is 0 Å². The molecule has 6 nitrogen and oxygen atoms in total. The van der Waals surface area contributed by atoms with Crippen LogP contribution in [0.2, 0.25) is 0 Å². The van der Waals surface area contributed by atoms with Crippen molar-refractivity contribution in [2.75, 3.05) is 13.2 Å². The molecular weight excluding hydrogens is 552 g/mol. The molecule has 2 N–H and O–H groups in total. The van der Waals surface area contributed by atoms with Crippen LogP contribution in [0.25, 0.3) is 0 Å². The number of aliphatic hydroxyl groups is 2. The minimum atomic E-state index is -0.994. The van der Waals surface area contributed by atoms with Gasteiger partial charge in [-0.05, 0) is 44.9 Å². The lowest BCUT2D eigenvalue weighted by atomic mass is 10.0. The molecule has 0 heterocycles. The first-order chi connectivity index (χ1) is 21.5. The molecule has 0 aromatic rings. The summed E-state index contributed by atoms with van der Waals surface area (Å²) in [5.74, 6) is -0.653. The first-order valence-electron chi connectivity index (χ1n) is 17.8. The number of carbonyl (C=O) groups is 2. The average molecular weight is 619 g/mol. The van der Waals surface area contributed by atoms with Crippen LogP contribution in [-0.2, 0) is 19.1 Å². The van der Waals surface area contributed by atoms with Gasteiger partial charge in [-0.15, -0.1) is 0 Å². The quantitative estimate of drug-likeness (QED) is 0.0456. The second-order valence-electron chi connectivity index (χ2n) is 11.8. The molecule has 0 amide bonds. The third-order valence-electron chi connectivity index (χ3n) is 7.39. The van der Waals surface area contributed by atoms with E-state index in [2.05, 4.69) is 50.3 Å². The second-order valence-corrected chi connectivity index (χ2v) is 11.8. The fraction of sp³-hybridized carbons (Fsp3) is 0.737. The molecule has 0 fully saturated rings. The first kappa shape index (κ1) is 41.8. The highest BCUT2D eigenvalue weighted by Gasteiger charge is 2.12. The van der Waals surface area contributed by atoms with Gasteiger partial charge in [0.1, 0.15) is 19.3 Å². The summed E-state index contributed by atoms with van der Waals surface area (Å²) in [6, 6.07) is 0. The fourth-order valence-corrected chi connectivity index (χ4v) is 4.63. The summed E-state index contributed by atoms with van der Waals surface area (Å²) in [7, 11) is 0. The third kappa shape index (κ3) is 32.7. The van der Waals surface area contributed by atoms with E-state index in [1.165, 1.54) is 57.8 Å². The number of aliphatic hydroxyl groups excluding tert-OH is 2. The Labute approximate surface area is 270 Å². The van der Waals surface area contributed by atoms with E-state index < -0.39 is 6.10 Å². The van der Waals surface area contributed by atoms with E-state index in [1.54, 1.807) is 0 Å². The summed E-state index contributed by atoms with van der Waals surface area (Å²) >= 11 is 0. The zero-order valence-electron chi connectivity index (χ0n) is 28.3. The monoisotopic (exact) mass is 618 g/mol. The van der Waals surface area contributed by atoms with Crippen LogP contribution < -0.4 is 0 Å². The molecule has 2 atom stereocenters. The van der Waals surface area contributed by atoms with Crippen molar-refractivity contribution in [3.8, 4) is 0 Å². The van der Waals surface area contributed by atoms with Gasteiger partial charge >= 0.3 is 11.9 Å². The van der Waals surface area contributed by atoms with Crippen molar-refractivity contribution in [3.05, 3.63) is 48.6 Å². The van der Waals surface area contributed by atoms with Crippen LogP contribution in [0, 0.1) is 0 Å². The van der Waals surface area contributed by atoms with Crippen LogP contribution >= 0.6 is 0 Å². The van der Waals surface area contributed by atoms with E-state index in [0.717, 1.165) is 64.2 Å². The molecule has 44 heavy (non-hydrogen) atoms. The Hall–Kier alpha value is -2.18. The molecule has 254 valence electrons. The first-order valence-corrected chi connectivity index (χ1v) is 17.8. The van der Waals surface area contributed by atoms with Crippen molar-refractivity contribution >= 4 is 11.9 Å². The largest absolute Gasteiger partial charge is 0.463 e. The molecular formula is C38H66O6. The molecule has 0 aliphatic rings. The molecule has 0 aromatic carbocycles. The van der Waals surface area contributed by atoms with Crippen molar-refractivity contribution in [3.63, 3.8) is 0 Å². The standard InChI is InChI=1S/C38H66O6/c1-3-5-7-8-9-10-11-15-18-21-24-27-31-37(41)43-33-36(40)34-44-38(42)32-28-25-22-19-16-13-12-14-17-20-23-26-30-35(39)29-6-4-2/h12-13,17,19-20,22,26,30,35-36,39-40H,3-11,14-16,18,21,23-25,27-29,31-34H2,1-2H3/b13-12-,20-17-,22-19-,30-26-/t35-,36+/m0/s1. The summed E-state index contributed by atoms with van der Waals surface area (Å²) in [6.45, 7) is 4.08. The summed E-state index contributed by atoms with van der Waals surface area (Å²) in [4.78, 5) is 23.8. The maximum atomic E-state index is 11.9. The van der Waals surface area contributed by atoms with Crippen LogP contribution in [0.4, 0.5) is 0 Å². The Morgan fingerprint density at radius 2 is 0.977 bits per heavy atom. The van der Waals surface area contributed by atoms with Crippen LogP contribution in [0.15, 0.2) is 48.6 Å². The molecule has 0 aromatic heterocycles. The molecule has 0 unspecified atom stereocenters. The molecule has 0 bridgehead atoms. The number of hydrogen-bond donors (Lipinski definition) is 2. The van der Waals surface area contributed by atoms with Gasteiger partial charge in [-0.25, -0.2) is 0 Å². The Morgan fingerprint density at radius 1 is 0.545 bits per heavy atom. The summed E-state index contributed by atoms with van der Waals surface area (Å²) < 4.78 is 10.2. The Bertz CT molecular complexity index is 769. The SMILES string of the molecule is CCCCCCCCCCCCCCC(=O)OC[C@@H](O)COC(=O)CCC/C=C\C/C=C\C/C=C\C/C=C\[C@@H](O)CCCC. The predicted octanol–water partition coefficient (Wildman–Crippen LogP) is 9.64. The van der Waals surface area contributed by atoms with Crippen molar-refractivity contribution in [2.24, 2.45) is 0 Å². The van der Waals surface area contributed by atoms with Gasteiger partial charge in [0.25, 0.3) is 0 Å². The van der Waals surface area contributed by atoms with Gasteiger partial charge in [0.15, 0.2) is 0 Å². The number of unbranched alkanes of at least 4 members (excludes halogenated alkanes) is 13.